The van der Waals surface area contributed by atoms with Gasteiger partial charge in [0.25, 0.3) is 0 Å². The van der Waals surface area contributed by atoms with E-state index in [1.807, 2.05) is 6.07 Å². The van der Waals surface area contributed by atoms with E-state index in [1.165, 1.54) is 12.1 Å². The van der Waals surface area contributed by atoms with E-state index < -0.39 is 0 Å². The second kappa shape index (κ2) is 8.22. The van der Waals surface area contributed by atoms with Gasteiger partial charge < -0.3 is 15.0 Å². The Balaban J connectivity index is 1.43. The van der Waals surface area contributed by atoms with Crippen molar-refractivity contribution in [2.75, 3.05) is 41.4 Å². The summed E-state index contributed by atoms with van der Waals surface area (Å²) in [6.45, 7) is 2.91. The summed E-state index contributed by atoms with van der Waals surface area (Å²) >= 11 is 0. The number of carbonyl (C=O) groups excluding carboxylic acids is 1. The molecule has 2 aliphatic rings. The number of nitrogens with one attached hydrogen (secondary N) is 1. The Morgan fingerprint density at radius 1 is 1.06 bits per heavy atom. The molecule has 8 heteroatoms. The summed E-state index contributed by atoms with van der Waals surface area (Å²) in [4.78, 5) is 25.9. The number of carbonyl (C=O) groups is 1. The van der Waals surface area contributed by atoms with E-state index in [9.17, 15) is 9.18 Å². The maximum Gasteiger partial charge on any atom is 0.327 e. The molecule has 31 heavy (non-hydrogen) atoms. The summed E-state index contributed by atoms with van der Waals surface area (Å²) in [5.41, 5.74) is 1.89. The summed E-state index contributed by atoms with van der Waals surface area (Å²) in [6.07, 6.45) is 3.53. The number of nitrogens with zero attached hydrogens (tertiary/aromatic N) is 4. The third kappa shape index (κ3) is 4.01. The Kier molecular flexibility index (Phi) is 5.11. The number of hydrogen-bond donors (Lipinski definition) is 1. The third-order valence-corrected chi connectivity index (χ3v) is 5.42. The summed E-state index contributed by atoms with van der Waals surface area (Å²) in [7, 11) is 0. The molecular formula is C23H22FN5O2. The molecule has 7 nitrogen and oxygen atoms in total. The van der Waals surface area contributed by atoms with Crippen molar-refractivity contribution in [3.8, 4) is 17.0 Å². The number of pyridine rings is 2. The van der Waals surface area contributed by atoms with Gasteiger partial charge in [-0.3, -0.25) is 4.90 Å². The van der Waals surface area contributed by atoms with Crippen LogP contribution < -0.4 is 19.9 Å². The number of urea groups is 1. The zero-order valence-corrected chi connectivity index (χ0v) is 16.9. The van der Waals surface area contributed by atoms with Crippen LogP contribution in [0.25, 0.3) is 11.3 Å². The summed E-state index contributed by atoms with van der Waals surface area (Å²) in [6, 6.07) is 13.1. The van der Waals surface area contributed by atoms with Crippen LogP contribution in [0.15, 0.2) is 54.7 Å². The molecule has 2 amide bonds. The Morgan fingerprint density at radius 2 is 1.97 bits per heavy atom. The summed E-state index contributed by atoms with van der Waals surface area (Å²) < 4.78 is 19.5. The zero-order chi connectivity index (χ0) is 21.2. The fraction of sp³-hybridized carbons (Fsp3) is 0.261. The number of anilines is 3. The van der Waals surface area contributed by atoms with Gasteiger partial charge >= 0.3 is 6.03 Å². The monoisotopic (exact) mass is 419 g/mol. The van der Waals surface area contributed by atoms with Crippen molar-refractivity contribution in [3.63, 3.8) is 0 Å². The molecule has 1 saturated heterocycles. The van der Waals surface area contributed by atoms with Crippen LogP contribution in [-0.2, 0) is 0 Å². The molecule has 0 bridgehead atoms. The maximum atomic E-state index is 13.7. The fourth-order valence-corrected chi connectivity index (χ4v) is 3.66. The van der Waals surface area contributed by atoms with E-state index in [-0.39, 0.29) is 11.8 Å². The van der Waals surface area contributed by atoms with Gasteiger partial charge in [0.1, 0.15) is 11.6 Å². The Morgan fingerprint density at radius 3 is 2.77 bits per heavy atom. The van der Waals surface area contributed by atoms with E-state index in [2.05, 4.69) is 20.2 Å². The lowest BCUT2D eigenvalue weighted by atomic mass is 10.1. The second-order valence-corrected chi connectivity index (χ2v) is 7.56. The van der Waals surface area contributed by atoms with Crippen molar-refractivity contribution in [3.05, 3.63) is 60.5 Å². The van der Waals surface area contributed by atoms with Gasteiger partial charge in [-0.15, -0.1) is 0 Å². The molecule has 1 aromatic carbocycles. The number of rotatable bonds is 3. The van der Waals surface area contributed by atoms with Crippen LogP contribution in [0.2, 0.25) is 0 Å². The summed E-state index contributed by atoms with van der Waals surface area (Å²) in [5, 5.41) is 2.96. The van der Waals surface area contributed by atoms with Crippen LogP contribution in [0.5, 0.6) is 5.75 Å². The van der Waals surface area contributed by atoms with Crippen LogP contribution in [-0.4, -0.2) is 42.2 Å². The minimum atomic E-state index is -0.337. The van der Waals surface area contributed by atoms with E-state index in [4.69, 9.17) is 4.74 Å². The average Bonchev–Trinajstić information content (AvgIpc) is 2.95. The van der Waals surface area contributed by atoms with Gasteiger partial charge in [-0.2, -0.15) is 0 Å². The molecule has 0 unspecified atom stereocenters. The predicted molar refractivity (Wildman–Crippen MR) is 117 cm³/mol. The Bertz CT molecular complexity index is 1120. The number of amides is 2. The number of benzene rings is 1. The molecule has 1 N–H and O–H groups in total. The van der Waals surface area contributed by atoms with Crippen molar-refractivity contribution >= 4 is 23.4 Å². The molecular weight excluding hydrogens is 397 g/mol. The molecule has 1 fully saturated rings. The highest BCUT2D eigenvalue weighted by Gasteiger charge is 2.25. The van der Waals surface area contributed by atoms with Crippen molar-refractivity contribution in [2.24, 2.45) is 0 Å². The first-order chi connectivity index (χ1) is 15.2. The average molecular weight is 419 g/mol. The highest BCUT2D eigenvalue weighted by atomic mass is 19.1. The van der Waals surface area contributed by atoms with Crippen LogP contribution >= 0.6 is 0 Å². The van der Waals surface area contributed by atoms with Gasteiger partial charge in [0.15, 0.2) is 11.6 Å². The molecule has 158 valence electrons. The summed E-state index contributed by atoms with van der Waals surface area (Å²) in [5.74, 6) is 1.48. The first-order valence-electron chi connectivity index (χ1n) is 10.4. The van der Waals surface area contributed by atoms with Crippen LogP contribution in [0.4, 0.5) is 26.5 Å². The maximum absolute atomic E-state index is 13.7. The Labute approximate surface area is 179 Å². The zero-order valence-electron chi connectivity index (χ0n) is 16.9. The predicted octanol–water partition coefficient (Wildman–Crippen LogP) is 4.31. The minimum absolute atomic E-state index is 0.295. The quantitative estimate of drug-likeness (QED) is 0.685. The topological polar surface area (TPSA) is 70.6 Å². The van der Waals surface area contributed by atoms with E-state index >= 15 is 0 Å². The molecule has 2 aromatic heterocycles. The number of aromatic nitrogens is 2. The normalized spacial score (nSPS) is 15.4. The Hall–Kier alpha value is -3.68. The van der Waals surface area contributed by atoms with Crippen LogP contribution in [0, 0.1) is 5.82 Å². The van der Waals surface area contributed by atoms with Gasteiger partial charge in [0.05, 0.1) is 12.3 Å². The number of halogens is 1. The molecule has 0 aliphatic carbocycles. The third-order valence-electron chi connectivity index (χ3n) is 5.42. The highest BCUT2D eigenvalue weighted by Crippen LogP contribution is 2.33. The van der Waals surface area contributed by atoms with Gasteiger partial charge in [0, 0.05) is 43.1 Å². The molecule has 0 atom stereocenters. The first-order valence-corrected chi connectivity index (χ1v) is 10.4. The molecule has 0 spiro atoms. The van der Waals surface area contributed by atoms with Crippen LogP contribution in [0.1, 0.15) is 12.8 Å². The molecule has 0 saturated carbocycles. The molecule has 3 aromatic rings. The van der Waals surface area contributed by atoms with Crippen molar-refractivity contribution in [1.82, 2.24) is 9.97 Å². The van der Waals surface area contributed by atoms with Crippen LogP contribution in [0.3, 0.4) is 0 Å². The van der Waals surface area contributed by atoms with Gasteiger partial charge in [0.2, 0.25) is 0 Å². The second-order valence-electron chi connectivity index (χ2n) is 7.56. The van der Waals surface area contributed by atoms with Gasteiger partial charge in [-0.05, 0) is 43.2 Å². The van der Waals surface area contributed by atoms with Gasteiger partial charge in [-0.1, -0.05) is 12.1 Å². The highest BCUT2D eigenvalue weighted by molar-refractivity contribution is 6.02. The first kappa shape index (κ1) is 19.3. The molecule has 0 radical (unpaired) electrons. The van der Waals surface area contributed by atoms with Crippen molar-refractivity contribution < 1.29 is 13.9 Å². The number of ether oxygens (including phenoxy) is 1. The van der Waals surface area contributed by atoms with Gasteiger partial charge in [-0.25, -0.2) is 19.2 Å². The molecule has 4 heterocycles. The minimum Gasteiger partial charge on any atom is -0.490 e. The SMILES string of the molecule is O=C(Nc1ccnc(N2CCC2)c1)N1CCCOc2ccc(-c3cccc(F)c3)nc21. The largest absolute Gasteiger partial charge is 0.490 e. The fourth-order valence-electron chi connectivity index (χ4n) is 3.66. The standard InChI is InChI=1S/C23H22FN5O2/c24-17-5-1-4-16(14-17)19-6-7-20-22(27-19)29(12-3-13-31-20)23(30)26-18-8-9-25-21(15-18)28-10-2-11-28/h1,4-9,14-15H,2-3,10-13H2,(H,25,26,30). The van der Waals surface area contributed by atoms with E-state index in [1.54, 1.807) is 41.4 Å². The lowest BCUT2D eigenvalue weighted by Crippen LogP contribution is -2.38. The molecule has 5 rings (SSSR count). The molecule has 2 aliphatic heterocycles. The van der Waals surface area contributed by atoms with E-state index in [0.717, 1.165) is 25.3 Å². The lowest BCUT2D eigenvalue weighted by molar-refractivity contribution is 0.256. The van der Waals surface area contributed by atoms with E-state index in [0.29, 0.717) is 48.1 Å². The van der Waals surface area contributed by atoms with Crippen molar-refractivity contribution in [2.45, 2.75) is 12.8 Å². The number of hydrogen-bond acceptors (Lipinski definition) is 5. The smallest absolute Gasteiger partial charge is 0.327 e. The number of fused-ring (bicyclic) bond motifs is 1. The van der Waals surface area contributed by atoms with Crippen molar-refractivity contribution in [1.29, 1.82) is 0 Å². The lowest BCUT2D eigenvalue weighted by Gasteiger charge is -2.32.